The van der Waals surface area contributed by atoms with Crippen LogP contribution in [0.1, 0.15) is 46.5 Å². The number of carbonyl (C=O) groups excluding carboxylic acids is 1. The monoisotopic (exact) mass is 270 g/mol. The zero-order valence-corrected chi connectivity index (χ0v) is 12.3. The van der Waals surface area contributed by atoms with Crippen molar-refractivity contribution in [2.45, 2.75) is 63.7 Å². The van der Waals surface area contributed by atoms with E-state index in [0.29, 0.717) is 6.54 Å². The van der Waals surface area contributed by atoms with Crippen molar-refractivity contribution in [3.05, 3.63) is 0 Å². The van der Waals surface area contributed by atoms with Crippen LogP contribution in [0, 0.1) is 0 Å². The van der Waals surface area contributed by atoms with Crippen LogP contribution in [-0.4, -0.2) is 47.9 Å². The first-order valence-electron chi connectivity index (χ1n) is 7.20. The highest BCUT2D eigenvalue weighted by molar-refractivity contribution is 5.68. The second kappa shape index (κ2) is 5.29. The van der Waals surface area contributed by atoms with Crippen LogP contribution in [0.2, 0.25) is 0 Å². The van der Waals surface area contributed by atoms with Crippen LogP contribution >= 0.6 is 0 Å². The van der Waals surface area contributed by atoms with Crippen LogP contribution in [0.15, 0.2) is 0 Å². The van der Waals surface area contributed by atoms with E-state index in [1.54, 1.807) is 4.90 Å². The third-order valence-corrected chi connectivity index (χ3v) is 3.86. The average molecular weight is 270 g/mol. The fraction of sp³-hybridized carbons (Fsp3) is 0.929. The van der Waals surface area contributed by atoms with Crippen molar-refractivity contribution >= 4 is 6.09 Å². The van der Waals surface area contributed by atoms with Gasteiger partial charge in [-0.1, -0.05) is 0 Å². The molecule has 19 heavy (non-hydrogen) atoms. The van der Waals surface area contributed by atoms with Crippen molar-refractivity contribution in [1.29, 1.82) is 0 Å². The lowest BCUT2D eigenvalue weighted by molar-refractivity contribution is -0.126. The second-order valence-electron chi connectivity index (χ2n) is 6.67. The van der Waals surface area contributed by atoms with Crippen LogP contribution < -0.4 is 5.73 Å². The SMILES string of the molecule is CC(C)(C)OC(=O)N1CCCC2(C1)OCCCC2N. The minimum absolute atomic E-state index is 0.0199. The Morgan fingerprint density at radius 3 is 2.79 bits per heavy atom. The Morgan fingerprint density at radius 1 is 1.42 bits per heavy atom. The van der Waals surface area contributed by atoms with Gasteiger partial charge in [0.1, 0.15) is 11.2 Å². The van der Waals surface area contributed by atoms with Gasteiger partial charge in [-0.3, -0.25) is 0 Å². The smallest absolute Gasteiger partial charge is 0.410 e. The normalized spacial score (nSPS) is 32.4. The predicted molar refractivity (Wildman–Crippen MR) is 72.9 cm³/mol. The summed E-state index contributed by atoms with van der Waals surface area (Å²) in [6.45, 7) is 7.68. The molecular formula is C14H26N2O3. The van der Waals surface area contributed by atoms with Crippen molar-refractivity contribution in [3.8, 4) is 0 Å². The summed E-state index contributed by atoms with van der Waals surface area (Å²) < 4.78 is 11.4. The number of piperidine rings is 1. The van der Waals surface area contributed by atoms with Crippen molar-refractivity contribution in [2.24, 2.45) is 5.73 Å². The van der Waals surface area contributed by atoms with Gasteiger partial charge in [-0.05, 0) is 46.5 Å². The van der Waals surface area contributed by atoms with E-state index in [4.69, 9.17) is 15.2 Å². The molecule has 2 fully saturated rings. The minimum atomic E-state index is -0.461. The first-order chi connectivity index (χ1) is 8.82. The molecule has 0 aliphatic carbocycles. The van der Waals surface area contributed by atoms with Crippen molar-refractivity contribution in [3.63, 3.8) is 0 Å². The van der Waals surface area contributed by atoms with Crippen LogP contribution in [0.3, 0.4) is 0 Å². The van der Waals surface area contributed by atoms with E-state index in [2.05, 4.69) is 0 Å². The van der Waals surface area contributed by atoms with Gasteiger partial charge < -0.3 is 20.1 Å². The molecule has 2 aliphatic heterocycles. The lowest BCUT2D eigenvalue weighted by Crippen LogP contribution is -2.62. The number of nitrogens with zero attached hydrogens (tertiary/aromatic N) is 1. The van der Waals surface area contributed by atoms with E-state index in [0.717, 1.165) is 38.8 Å². The standard InChI is InChI=1S/C14H26N2O3/c1-13(2,3)19-12(17)16-8-5-7-14(10-16)11(15)6-4-9-18-14/h11H,4-10,15H2,1-3H3. The summed E-state index contributed by atoms with van der Waals surface area (Å²) in [6, 6.07) is 0.0199. The second-order valence-corrected chi connectivity index (χ2v) is 6.67. The number of nitrogens with two attached hydrogens (primary N) is 1. The number of hydrogen-bond acceptors (Lipinski definition) is 4. The lowest BCUT2D eigenvalue weighted by atomic mass is 9.82. The Hall–Kier alpha value is -0.810. The van der Waals surface area contributed by atoms with Gasteiger partial charge >= 0.3 is 6.09 Å². The summed E-state index contributed by atoms with van der Waals surface area (Å²) in [5.74, 6) is 0. The number of hydrogen-bond donors (Lipinski definition) is 1. The molecule has 2 heterocycles. The number of rotatable bonds is 0. The van der Waals surface area contributed by atoms with E-state index in [1.807, 2.05) is 20.8 Å². The fourth-order valence-corrected chi connectivity index (χ4v) is 2.90. The first kappa shape index (κ1) is 14.6. The van der Waals surface area contributed by atoms with Crippen molar-refractivity contribution in [2.75, 3.05) is 19.7 Å². The molecule has 0 saturated carbocycles. The summed E-state index contributed by atoms with van der Waals surface area (Å²) >= 11 is 0. The van der Waals surface area contributed by atoms with E-state index >= 15 is 0 Å². The Kier molecular flexibility index (Phi) is 4.06. The van der Waals surface area contributed by atoms with Gasteiger partial charge in [0, 0.05) is 19.2 Å². The van der Waals surface area contributed by atoms with Gasteiger partial charge in [0.25, 0.3) is 0 Å². The Labute approximate surface area is 115 Å². The summed E-state index contributed by atoms with van der Waals surface area (Å²) in [7, 11) is 0. The molecule has 1 spiro atoms. The molecule has 0 aromatic heterocycles. The molecule has 1 amide bonds. The quantitative estimate of drug-likeness (QED) is 0.730. The maximum Gasteiger partial charge on any atom is 0.410 e. The van der Waals surface area contributed by atoms with Gasteiger partial charge in [-0.25, -0.2) is 4.79 Å². The van der Waals surface area contributed by atoms with Gasteiger partial charge in [-0.15, -0.1) is 0 Å². The topological polar surface area (TPSA) is 64.8 Å². The number of amides is 1. The zero-order chi connectivity index (χ0) is 14.1. The Bertz CT molecular complexity index is 336. The summed E-state index contributed by atoms with van der Waals surface area (Å²) in [5.41, 5.74) is 5.42. The molecule has 5 heteroatoms. The summed E-state index contributed by atoms with van der Waals surface area (Å²) in [5, 5.41) is 0. The summed E-state index contributed by atoms with van der Waals surface area (Å²) in [6.07, 6.45) is 3.59. The maximum absolute atomic E-state index is 12.2. The minimum Gasteiger partial charge on any atom is -0.444 e. The number of ether oxygens (including phenoxy) is 2. The molecule has 0 aromatic rings. The van der Waals surface area contributed by atoms with E-state index in [1.165, 1.54) is 0 Å². The van der Waals surface area contributed by atoms with E-state index in [9.17, 15) is 4.79 Å². The fourth-order valence-electron chi connectivity index (χ4n) is 2.90. The summed E-state index contributed by atoms with van der Waals surface area (Å²) in [4.78, 5) is 13.9. The molecule has 2 N–H and O–H groups in total. The van der Waals surface area contributed by atoms with Gasteiger partial charge in [-0.2, -0.15) is 0 Å². The Morgan fingerprint density at radius 2 is 2.16 bits per heavy atom. The number of likely N-dealkylation sites (tertiary alicyclic amines) is 1. The third-order valence-electron chi connectivity index (χ3n) is 3.86. The highest BCUT2D eigenvalue weighted by Crippen LogP contribution is 2.33. The lowest BCUT2D eigenvalue weighted by Gasteiger charge is -2.48. The Balaban J connectivity index is 2.02. The molecule has 5 nitrogen and oxygen atoms in total. The molecule has 2 rings (SSSR count). The highest BCUT2D eigenvalue weighted by atomic mass is 16.6. The van der Waals surface area contributed by atoms with Crippen LogP contribution in [0.4, 0.5) is 4.79 Å². The molecule has 110 valence electrons. The average Bonchev–Trinajstić information content (AvgIpc) is 2.31. The third kappa shape index (κ3) is 3.39. The molecule has 2 atom stereocenters. The van der Waals surface area contributed by atoms with Gasteiger partial charge in [0.2, 0.25) is 0 Å². The van der Waals surface area contributed by atoms with Gasteiger partial charge in [0.05, 0.1) is 6.54 Å². The van der Waals surface area contributed by atoms with Crippen molar-refractivity contribution in [1.82, 2.24) is 4.90 Å². The van der Waals surface area contributed by atoms with Gasteiger partial charge in [0.15, 0.2) is 0 Å². The molecule has 0 radical (unpaired) electrons. The predicted octanol–water partition coefficient (Wildman–Crippen LogP) is 1.89. The van der Waals surface area contributed by atoms with Crippen molar-refractivity contribution < 1.29 is 14.3 Å². The maximum atomic E-state index is 12.2. The van der Waals surface area contributed by atoms with Crippen LogP contribution in [-0.2, 0) is 9.47 Å². The molecule has 2 aliphatic rings. The molecular weight excluding hydrogens is 244 g/mol. The molecule has 2 unspecified atom stereocenters. The van der Waals surface area contributed by atoms with E-state index < -0.39 is 5.60 Å². The van der Waals surface area contributed by atoms with Crippen LogP contribution in [0.25, 0.3) is 0 Å². The first-order valence-corrected chi connectivity index (χ1v) is 7.20. The van der Waals surface area contributed by atoms with E-state index in [-0.39, 0.29) is 17.7 Å². The highest BCUT2D eigenvalue weighted by Gasteiger charge is 2.45. The largest absolute Gasteiger partial charge is 0.444 e. The molecule has 0 bridgehead atoms. The zero-order valence-electron chi connectivity index (χ0n) is 12.3. The van der Waals surface area contributed by atoms with Crippen LogP contribution in [0.5, 0.6) is 0 Å². The molecule has 0 aromatic carbocycles. The number of carbonyl (C=O) groups is 1. The molecule has 2 saturated heterocycles.